The maximum absolute atomic E-state index is 13.4. The van der Waals surface area contributed by atoms with Gasteiger partial charge < -0.3 is 20.1 Å². The molecule has 0 heterocycles. The van der Waals surface area contributed by atoms with Crippen LogP contribution in [0.1, 0.15) is 24.0 Å². The molecule has 0 saturated carbocycles. The van der Waals surface area contributed by atoms with Gasteiger partial charge in [0.2, 0.25) is 5.91 Å². The van der Waals surface area contributed by atoms with Crippen molar-refractivity contribution in [3.63, 3.8) is 0 Å². The normalized spacial score (nSPS) is 14.6. The van der Waals surface area contributed by atoms with Gasteiger partial charge in [0.05, 0.1) is 0 Å². The minimum atomic E-state index is -4.99. The van der Waals surface area contributed by atoms with Gasteiger partial charge in [0.15, 0.2) is 5.92 Å². The van der Waals surface area contributed by atoms with Gasteiger partial charge in [-0.05, 0) is 29.2 Å². The number of carboxylic acid groups (broad SMARTS) is 1. The summed E-state index contributed by atoms with van der Waals surface area (Å²) in [7, 11) is 0.965. The van der Waals surface area contributed by atoms with E-state index in [1.54, 1.807) is 0 Å². The highest BCUT2D eigenvalue weighted by Gasteiger charge is 2.47. The number of carboxylic acids is 1. The van der Waals surface area contributed by atoms with E-state index in [1.165, 1.54) is 0 Å². The van der Waals surface area contributed by atoms with E-state index >= 15 is 0 Å². The molecule has 2 aromatic carbocycles. The number of hydrogen-bond donors (Lipinski definition) is 2. The highest BCUT2D eigenvalue weighted by Crippen LogP contribution is 2.44. The van der Waals surface area contributed by atoms with Gasteiger partial charge in [-0.15, -0.1) is 0 Å². The highest BCUT2D eigenvalue weighted by molar-refractivity contribution is 5.85. The number of aliphatic carboxylic acids is 1. The molecule has 2 aromatic rings. The Bertz CT molecular complexity index is 1010. The zero-order valence-corrected chi connectivity index (χ0v) is 17.9. The lowest BCUT2D eigenvalue weighted by Gasteiger charge is -2.28. The highest BCUT2D eigenvalue weighted by atomic mass is 19.4. The number of carbonyl (C=O) groups excluding carboxylic acids is 2. The molecule has 2 atom stereocenters. The van der Waals surface area contributed by atoms with E-state index in [1.807, 2.05) is 53.8 Å². The summed E-state index contributed by atoms with van der Waals surface area (Å²) in [6.07, 6.45) is -6.09. The van der Waals surface area contributed by atoms with E-state index < -0.39 is 42.7 Å². The first-order valence-electron chi connectivity index (χ1n) is 10.2. The average Bonchev–Trinajstić information content (AvgIpc) is 3.09. The van der Waals surface area contributed by atoms with Crippen LogP contribution in [0.2, 0.25) is 0 Å². The molecule has 2 amide bonds. The maximum atomic E-state index is 13.4. The quantitative estimate of drug-likeness (QED) is 0.653. The van der Waals surface area contributed by atoms with E-state index in [9.17, 15) is 27.6 Å². The van der Waals surface area contributed by atoms with Gasteiger partial charge >= 0.3 is 18.2 Å². The Morgan fingerprint density at radius 3 is 2.06 bits per heavy atom. The molecule has 0 spiro atoms. The summed E-state index contributed by atoms with van der Waals surface area (Å²) < 4.78 is 45.5. The largest absolute Gasteiger partial charge is 0.480 e. The van der Waals surface area contributed by atoms with Crippen molar-refractivity contribution in [1.29, 1.82) is 0 Å². The molecule has 176 valence electrons. The first kappa shape index (κ1) is 24.1. The van der Waals surface area contributed by atoms with Crippen LogP contribution < -0.4 is 5.32 Å². The molecule has 0 radical (unpaired) electrons. The Morgan fingerprint density at radius 1 is 1.06 bits per heavy atom. The fourth-order valence-corrected chi connectivity index (χ4v) is 3.78. The zero-order valence-electron chi connectivity index (χ0n) is 17.9. The fourth-order valence-electron chi connectivity index (χ4n) is 3.78. The van der Waals surface area contributed by atoms with Crippen molar-refractivity contribution in [3.8, 4) is 11.1 Å². The van der Waals surface area contributed by atoms with Crippen LogP contribution in [0.25, 0.3) is 11.1 Å². The molecule has 1 aliphatic rings. The second-order valence-corrected chi connectivity index (χ2v) is 7.76. The summed E-state index contributed by atoms with van der Waals surface area (Å²) in [4.78, 5) is 35.9. The Labute approximate surface area is 188 Å². The van der Waals surface area contributed by atoms with Crippen molar-refractivity contribution >= 4 is 18.0 Å². The Balaban J connectivity index is 1.64. The van der Waals surface area contributed by atoms with Gasteiger partial charge in [-0.2, -0.15) is 13.2 Å². The number of ether oxygens (including phenoxy) is 1. The number of carbonyl (C=O) groups is 3. The van der Waals surface area contributed by atoms with Crippen LogP contribution in [-0.4, -0.2) is 60.4 Å². The first-order chi connectivity index (χ1) is 15.5. The van der Waals surface area contributed by atoms with Crippen LogP contribution in [0.3, 0.4) is 0 Å². The van der Waals surface area contributed by atoms with Gasteiger partial charge in [-0.25, -0.2) is 9.59 Å². The first-order valence-corrected chi connectivity index (χ1v) is 10.2. The van der Waals surface area contributed by atoms with Crippen LogP contribution in [0.5, 0.6) is 0 Å². The fraction of sp³-hybridized carbons (Fsp3) is 0.348. The van der Waals surface area contributed by atoms with Crippen molar-refractivity contribution < 1.29 is 37.4 Å². The second kappa shape index (κ2) is 9.51. The number of nitrogens with one attached hydrogen (secondary N) is 1. The topological polar surface area (TPSA) is 95.9 Å². The number of rotatable bonds is 7. The van der Waals surface area contributed by atoms with Gasteiger partial charge in [0.25, 0.3) is 0 Å². The van der Waals surface area contributed by atoms with Crippen molar-refractivity contribution in [3.05, 3.63) is 59.7 Å². The standard InChI is InChI=1S/C23H23F3N2O5/c1-13(21(30)31)28(2)20(29)19(23(24,25)26)11-27-22(32)33-12-18-16-9-5-3-7-14(16)15-8-4-6-10-17(15)18/h3-10,13,18-19H,11-12H2,1-2H3,(H,27,32)(H,30,31). The Hall–Kier alpha value is -3.56. The molecule has 2 unspecified atom stereocenters. The van der Waals surface area contributed by atoms with E-state index in [-0.39, 0.29) is 12.5 Å². The summed E-state index contributed by atoms with van der Waals surface area (Å²) in [6, 6.07) is 13.7. The molecule has 2 N–H and O–H groups in total. The monoisotopic (exact) mass is 464 g/mol. The molecular formula is C23H23F3N2O5. The summed E-state index contributed by atoms with van der Waals surface area (Å²) >= 11 is 0. The lowest BCUT2D eigenvalue weighted by atomic mass is 9.98. The van der Waals surface area contributed by atoms with Crippen LogP contribution in [0.4, 0.5) is 18.0 Å². The number of likely N-dealkylation sites (N-methyl/N-ethyl adjacent to an activating group) is 1. The Kier molecular flexibility index (Phi) is 6.95. The van der Waals surface area contributed by atoms with E-state index in [4.69, 9.17) is 9.84 Å². The third-order valence-electron chi connectivity index (χ3n) is 5.77. The molecule has 10 heteroatoms. The maximum Gasteiger partial charge on any atom is 0.407 e. The van der Waals surface area contributed by atoms with E-state index in [0.29, 0.717) is 4.90 Å². The molecule has 0 fully saturated rings. The zero-order chi connectivity index (χ0) is 24.3. The number of nitrogens with zero attached hydrogens (tertiary/aromatic N) is 1. The molecule has 7 nitrogen and oxygen atoms in total. The van der Waals surface area contributed by atoms with E-state index in [2.05, 4.69) is 0 Å². The lowest BCUT2D eigenvalue weighted by molar-refractivity contribution is -0.189. The molecule has 0 aliphatic heterocycles. The van der Waals surface area contributed by atoms with Crippen LogP contribution >= 0.6 is 0 Å². The molecule has 33 heavy (non-hydrogen) atoms. The Morgan fingerprint density at radius 2 is 1.58 bits per heavy atom. The molecule has 0 saturated heterocycles. The third-order valence-corrected chi connectivity index (χ3v) is 5.77. The summed E-state index contributed by atoms with van der Waals surface area (Å²) in [5, 5.41) is 10.9. The molecule has 0 bridgehead atoms. The smallest absolute Gasteiger partial charge is 0.407 e. The lowest BCUT2D eigenvalue weighted by Crippen LogP contribution is -2.50. The number of halogens is 3. The van der Waals surface area contributed by atoms with Crippen molar-refractivity contribution in [2.45, 2.75) is 25.1 Å². The minimum absolute atomic E-state index is 0.0968. The average molecular weight is 464 g/mol. The molecule has 1 aliphatic carbocycles. The van der Waals surface area contributed by atoms with Crippen molar-refractivity contribution in [1.82, 2.24) is 10.2 Å². The summed E-state index contributed by atoms with van der Waals surface area (Å²) in [5.74, 6) is -5.79. The predicted octanol–water partition coefficient (Wildman–Crippen LogP) is 3.64. The minimum Gasteiger partial charge on any atom is -0.480 e. The number of alkyl halides is 3. The third kappa shape index (κ3) is 5.10. The van der Waals surface area contributed by atoms with Gasteiger partial charge in [0, 0.05) is 19.5 Å². The molecule has 3 rings (SSSR count). The van der Waals surface area contributed by atoms with Crippen LogP contribution in [0, 0.1) is 5.92 Å². The number of alkyl carbamates (subject to hydrolysis) is 1. The molecule has 0 aromatic heterocycles. The summed E-state index contributed by atoms with van der Waals surface area (Å²) in [5.41, 5.74) is 3.89. The van der Waals surface area contributed by atoms with Crippen molar-refractivity contribution in [2.75, 3.05) is 20.2 Å². The SMILES string of the molecule is CC(C(=O)O)N(C)C(=O)C(CNC(=O)OCC1c2ccccc2-c2ccccc21)C(F)(F)F. The van der Waals surface area contributed by atoms with Gasteiger partial charge in [-0.1, -0.05) is 48.5 Å². The van der Waals surface area contributed by atoms with E-state index in [0.717, 1.165) is 36.2 Å². The van der Waals surface area contributed by atoms with Gasteiger partial charge in [0.1, 0.15) is 12.6 Å². The van der Waals surface area contributed by atoms with Gasteiger partial charge in [-0.3, -0.25) is 4.79 Å². The van der Waals surface area contributed by atoms with Crippen LogP contribution in [-0.2, 0) is 14.3 Å². The predicted molar refractivity (Wildman–Crippen MR) is 112 cm³/mol. The number of fused-ring (bicyclic) bond motifs is 3. The van der Waals surface area contributed by atoms with Crippen LogP contribution in [0.15, 0.2) is 48.5 Å². The van der Waals surface area contributed by atoms with Crippen molar-refractivity contribution in [2.24, 2.45) is 5.92 Å². The molecular weight excluding hydrogens is 441 g/mol. The number of amides is 2. The summed E-state index contributed by atoms with van der Waals surface area (Å²) in [6.45, 7) is -0.0806. The second-order valence-electron chi connectivity index (χ2n) is 7.76. The number of benzene rings is 2. The number of hydrogen-bond acceptors (Lipinski definition) is 4.